The summed E-state index contributed by atoms with van der Waals surface area (Å²) >= 11 is 1.37. The summed E-state index contributed by atoms with van der Waals surface area (Å²) < 4.78 is 0. The van der Waals surface area contributed by atoms with E-state index in [4.69, 9.17) is 0 Å². The van der Waals surface area contributed by atoms with E-state index in [0.29, 0.717) is 10.7 Å². The Kier molecular flexibility index (Phi) is 4.93. The molecule has 0 spiro atoms. The molecular weight excluding hydrogens is 286 g/mol. The maximum absolute atomic E-state index is 12.2. The quantitative estimate of drug-likeness (QED) is 0.793. The van der Waals surface area contributed by atoms with E-state index < -0.39 is 0 Å². The van der Waals surface area contributed by atoms with Crippen molar-refractivity contribution < 1.29 is 9.90 Å². The Morgan fingerprint density at radius 1 is 1.48 bits per heavy atom. The van der Waals surface area contributed by atoms with Gasteiger partial charge in [0.05, 0.1) is 11.3 Å². The van der Waals surface area contributed by atoms with E-state index >= 15 is 0 Å². The molecule has 5 nitrogen and oxygen atoms in total. The molecule has 1 heterocycles. The molecule has 112 valence electrons. The van der Waals surface area contributed by atoms with Crippen molar-refractivity contribution in [2.75, 3.05) is 11.9 Å². The Morgan fingerprint density at radius 2 is 2.24 bits per heavy atom. The molecule has 2 rings (SSSR count). The number of thiazole rings is 1. The molecule has 0 aliphatic heterocycles. The molecule has 0 saturated carbocycles. The minimum atomic E-state index is -0.354. The van der Waals surface area contributed by atoms with Gasteiger partial charge < -0.3 is 10.4 Å². The van der Waals surface area contributed by atoms with E-state index in [1.165, 1.54) is 11.3 Å². The first-order chi connectivity index (χ1) is 10.0. The van der Waals surface area contributed by atoms with E-state index in [9.17, 15) is 9.90 Å². The van der Waals surface area contributed by atoms with Crippen molar-refractivity contribution in [3.8, 4) is 5.75 Å². The van der Waals surface area contributed by atoms with Gasteiger partial charge in [0.1, 0.15) is 5.75 Å². The molecule has 3 N–H and O–H groups in total. The molecular formula is C15H19N3O2S. The van der Waals surface area contributed by atoms with Crippen LogP contribution in [0.25, 0.3) is 0 Å². The molecule has 1 amide bonds. The summed E-state index contributed by atoms with van der Waals surface area (Å²) in [5.41, 5.74) is 1.82. The zero-order valence-corrected chi connectivity index (χ0v) is 13.1. The summed E-state index contributed by atoms with van der Waals surface area (Å²) in [4.78, 5) is 16.6. The SMILES string of the molecule is CCNC(C)c1csc(NC(=O)c2cccc(C)c2O)n1. The number of benzene rings is 1. The van der Waals surface area contributed by atoms with Crippen molar-refractivity contribution >= 4 is 22.4 Å². The Bertz CT molecular complexity index is 640. The van der Waals surface area contributed by atoms with Crippen LogP contribution in [-0.2, 0) is 0 Å². The number of para-hydroxylation sites is 1. The molecule has 21 heavy (non-hydrogen) atoms. The highest BCUT2D eigenvalue weighted by Gasteiger charge is 2.15. The van der Waals surface area contributed by atoms with Crippen molar-refractivity contribution in [2.24, 2.45) is 0 Å². The summed E-state index contributed by atoms with van der Waals surface area (Å²) in [6.07, 6.45) is 0. The van der Waals surface area contributed by atoms with E-state index in [-0.39, 0.29) is 23.3 Å². The molecule has 6 heteroatoms. The number of hydrogen-bond donors (Lipinski definition) is 3. The van der Waals surface area contributed by atoms with Crippen LogP contribution in [0, 0.1) is 6.92 Å². The maximum Gasteiger partial charge on any atom is 0.261 e. The number of phenols is 1. The average molecular weight is 305 g/mol. The van der Waals surface area contributed by atoms with Gasteiger partial charge in [-0.05, 0) is 32.0 Å². The minimum Gasteiger partial charge on any atom is -0.507 e. The lowest BCUT2D eigenvalue weighted by Gasteiger charge is -2.08. The number of aromatic nitrogens is 1. The highest BCUT2D eigenvalue weighted by atomic mass is 32.1. The van der Waals surface area contributed by atoms with E-state index in [2.05, 4.69) is 15.6 Å². The smallest absolute Gasteiger partial charge is 0.261 e. The second-order valence-electron chi connectivity index (χ2n) is 4.78. The Labute approximate surface area is 128 Å². The van der Waals surface area contributed by atoms with Crippen molar-refractivity contribution in [3.63, 3.8) is 0 Å². The molecule has 0 radical (unpaired) electrons. The number of nitrogens with zero attached hydrogens (tertiary/aromatic N) is 1. The number of hydrogen-bond acceptors (Lipinski definition) is 5. The molecule has 1 unspecified atom stereocenters. The first-order valence-corrected chi connectivity index (χ1v) is 7.69. The molecule has 2 aromatic rings. The zero-order chi connectivity index (χ0) is 15.4. The minimum absolute atomic E-state index is 0.00722. The van der Waals surface area contributed by atoms with Gasteiger partial charge in [0.15, 0.2) is 5.13 Å². The first-order valence-electron chi connectivity index (χ1n) is 6.81. The van der Waals surface area contributed by atoms with Gasteiger partial charge >= 0.3 is 0 Å². The molecule has 0 aliphatic carbocycles. The third-order valence-corrected chi connectivity index (χ3v) is 3.95. The molecule has 1 aromatic carbocycles. The van der Waals surface area contributed by atoms with Crippen LogP contribution >= 0.6 is 11.3 Å². The molecule has 0 fully saturated rings. The average Bonchev–Trinajstić information content (AvgIpc) is 2.90. The molecule has 1 aromatic heterocycles. The lowest BCUT2D eigenvalue weighted by atomic mass is 10.1. The fourth-order valence-electron chi connectivity index (χ4n) is 1.96. The van der Waals surface area contributed by atoms with Crippen molar-refractivity contribution in [2.45, 2.75) is 26.8 Å². The van der Waals surface area contributed by atoms with Crippen LogP contribution in [0.4, 0.5) is 5.13 Å². The van der Waals surface area contributed by atoms with Gasteiger partial charge in [-0.1, -0.05) is 19.1 Å². The van der Waals surface area contributed by atoms with Gasteiger partial charge in [0.2, 0.25) is 0 Å². The monoisotopic (exact) mass is 305 g/mol. The van der Waals surface area contributed by atoms with Gasteiger partial charge in [0.25, 0.3) is 5.91 Å². The van der Waals surface area contributed by atoms with Crippen LogP contribution in [-0.4, -0.2) is 22.5 Å². The van der Waals surface area contributed by atoms with Gasteiger partial charge in [-0.25, -0.2) is 4.98 Å². The van der Waals surface area contributed by atoms with Crippen LogP contribution < -0.4 is 10.6 Å². The third-order valence-electron chi connectivity index (χ3n) is 3.18. The predicted octanol–water partition coefficient (Wildman–Crippen LogP) is 3.08. The Balaban J connectivity index is 2.11. The van der Waals surface area contributed by atoms with Crippen LogP contribution in [0.5, 0.6) is 5.75 Å². The van der Waals surface area contributed by atoms with Crippen LogP contribution in [0.15, 0.2) is 23.6 Å². The van der Waals surface area contributed by atoms with Crippen molar-refractivity contribution in [3.05, 3.63) is 40.4 Å². The number of carbonyl (C=O) groups excluding carboxylic acids is 1. The largest absolute Gasteiger partial charge is 0.507 e. The number of anilines is 1. The Morgan fingerprint density at radius 3 is 2.95 bits per heavy atom. The first kappa shape index (κ1) is 15.5. The number of phenolic OH excluding ortho intramolecular Hbond substituents is 1. The summed E-state index contributed by atoms with van der Waals surface area (Å²) in [7, 11) is 0. The lowest BCUT2D eigenvalue weighted by Crippen LogP contribution is -2.18. The van der Waals surface area contributed by atoms with Crippen molar-refractivity contribution in [1.82, 2.24) is 10.3 Å². The number of rotatable bonds is 5. The van der Waals surface area contributed by atoms with Gasteiger partial charge in [-0.2, -0.15) is 0 Å². The standard InChI is InChI=1S/C15H19N3O2S/c1-4-16-10(3)12-8-21-15(17-12)18-14(20)11-7-5-6-9(2)13(11)19/h5-8,10,16,19H,4H2,1-3H3,(H,17,18,20). The number of amides is 1. The highest BCUT2D eigenvalue weighted by Crippen LogP contribution is 2.24. The number of aromatic hydroxyl groups is 1. The van der Waals surface area contributed by atoms with Gasteiger partial charge in [-0.15, -0.1) is 11.3 Å². The molecule has 0 aliphatic rings. The highest BCUT2D eigenvalue weighted by molar-refractivity contribution is 7.14. The number of carbonyl (C=O) groups is 1. The number of nitrogens with one attached hydrogen (secondary N) is 2. The topological polar surface area (TPSA) is 74.2 Å². The van der Waals surface area contributed by atoms with Crippen LogP contribution in [0.2, 0.25) is 0 Å². The third kappa shape index (κ3) is 3.59. The Hall–Kier alpha value is -1.92. The summed E-state index contributed by atoms with van der Waals surface area (Å²) in [6.45, 7) is 6.67. The fourth-order valence-corrected chi connectivity index (χ4v) is 2.76. The zero-order valence-electron chi connectivity index (χ0n) is 12.3. The maximum atomic E-state index is 12.2. The predicted molar refractivity (Wildman–Crippen MR) is 85.0 cm³/mol. The van der Waals surface area contributed by atoms with Gasteiger partial charge in [0, 0.05) is 11.4 Å². The van der Waals surface area contributed by atoms with Crippen LogP contribution in [0.1, 0.15) is 41.5 Å². The molecule has 0 saturated heterocycles. The second kappa shape index (κ2) is 6.69. The number of aryl methyl sites for hydroxylation is 1. The molecule has 0 bridgehead atoms. The fraction of sp³-hybridized carbons (Fsp3) is 0.333. The van der Waals surface area contributed by atoms with E-state index in [1.54, 1.807) is 25.1 Å². The second-order valence-corrected chi connectivity index (χ2v) is 5.64. The van der Waals surface area contributed by atoms with Gasteiger partial charge in [-0.3, -0.25) is 10.1 Å². The van der Waals surface area contributed by atoms with Crippen molar-refractivity contribution in [1.29, 1.82) is 0 Å². The van der Waals surface area contributed by atoms with E-state index in [0.717, 1.165) is 12.2 Å². The summed E-state index contributed by atoms with van der Waals surface area (Å²) in [6, 6.07) is 5.23. The van der Waals surface area contributed by atoms with E-state index in [1.807, 2.05) is 19.2 Å². The molecule has 1 atom stereocenters. The van der Waals surface area contributed by atoms with Crippen LogP contribution in [0.3, 0.4) is 0 Å². The summed E-state index contributed by atoms with van der Waals surface area (Å²) in [5, 5.41) is 18.4. The summed E-state index contributed by atoms with van der Waals surface area (Å²) in [5.74, 6) is -0.346. The normalized spacial score (nSPS) is 12.1. The lowest BCUT2D eigenvalue weighted by molar-refractivity contribution is 0.102.